The van der Waals surface area contributed by atoms with E-state index in [0.29, 0.717) is 5.41 Å². The molecule has 0 heterocycles. The van der Waals surface area contributed by atoms with Crippen molar-refractivity contribution in [2.45, 2.75) is 161 Å². The Balaban J connectivity index is 3.17. The van der Waals surface area contributed by atoms with Crippen LogP contribution in [-0.2, 0) is 5.41 Å². The molecule has 1 unspecified atom stereocenters. The monoisotopic (exact) mass is 532 g/mol. The van der Waals surface area contributed by atoms with E-state index in [-0.39, 0.29) is 0 Å². The third-order valence-corrected chi connectivity index (χ3v) is 19.8. The standard InChI is InChI=1S/C32H64Si3/c1-12-24-34(8,9)26-15-22-32(21-14-25-33(6,7)13-2,31-19-17-30(5)18-20-31)23-16-27-35(10,11)28-29(3)4/h17-20,29H,12-16,21-28H2,1-11H3. The Kier molecular flexibility index (Phi) is 13.8. The lowest BCUT2D eigenvalue weighted by Crippen LogP contribution is -2.32. The summed E-state index contributed by atoms with van der Waals surface area (Å²) in [5.74, 6) is 0.852. The molecule has 0 saturated carbocycles. The average Bonchev–Trinajstić information content (AvgIpc) is 2.72. The Hall–Kier alpha value is -0.129. The summed E-state index contributed by atoms with van der Waals surface area (Å²) in [4.78, 5) is 0. The first-order valence-corrected chi connectivity index (χ1v) is 25.5. The maximum atomic E-state index is 2.65. The molecule has 0 radical (unpaired) electrons. The zero-order chi connectivity index (χ0) is 26.8. The molecular formula is C32H64Si3. The maximum Gasteiger partial charge on any atom is 0.0476 e. The van der Waals surface area contributed by atoms with Gasteiger partial charge in [0.15, 0.2) is 0 Å². The third kappa shape index (κ3) is 12.8. The van der Waals surface area contributed by atoms with Crippen molar-refractivity contribution >= 4 is 24.2 Å². The van der Waals surface area contributed by atoms with Gasteiger partial charge in [0.2, 0.25) is 0 Å². The quantitative estimate of drug-likeness (QED) is 0.165. The zero-order valence-electron chi connectivity index (χ0n) is 26.1. The van der Waals surface area contributed by atoms with Gasteiger partial charge < -0.3 is 0 Å². The van der Waals surface area contributed by atoms with Crippen LogP contribution in [0.15, 0.2) is 24.3 Å². The van der Waals surface area contributed by atoms with Gasteiger partial charge in [0.05, 0.1) is 0 Å². The summed E-state index contributed by atoms with van der Waals surface area (Å²) in [6.07, 6.45) is 9.91. The fourth-order valence-electron chi connectivity index (χ4n) is 6.62. The van der Waals surface area contributed by atoms with Crippen LogP contribution < -0.4 is 0 Å². The second-order valence-corrected chi connectivity index (χ2v) is 31.0. The first-order valence-electron chi connectivity index (χ1n) is 15.2. The van der Waals surface area contributed by atoms with Crippen molar-refractivity contribution in [2.75, 3.05) is 0 Å². The largest absolute Gasteiger partial charge is 0.0694 e. The highest BCUT2D eigenvalue weighted by Gasteiger charge is 2.34. The van der Waals surface area contributed by atoms with E-state index < -0.39 is 24.2 Å². The van der Waals surface area contributed by atoms with Gasteiger partial charge in [-0.05, 0) is 43.1 Å². The molecule has 0 N–H and O–H groups in total. The molecule has 0 saturated heterocycles. The van der Waals surface area contributed by atoms with E-state index in [1.54, 1.807) is 5.56 Å². The molecule has 0 spiro atoms. The second kappa shape index (κ2) is 14.7. The van der Waals surface area contributed by atoms with Crippen LogP contribution >= 0.6 is 0 Å². The Morgan fingerprint density at radius 1 is 0.657 bits per heavy atom. The highest BCUT2D eigenvalue weighted by molar-refractivity contribution is 6.78. The van der Waals surface area contributed by atoms with Crippen LogP contribution in [0.1, 0.15) is 83.8 Å². The molecule has 1 rings (SSSR count). The summed E-state index contributed by atoms with van der Waals surface area (Å²) in [5.41, 5.74) is 3.46. The van der Waals surface area contributed by atoms with Crippen molar-refractivity contribution in [3.05, 3.63) is 35.4 Å². The van der Waals surface area contributed by atoms with E-state index in [0.717, 1.165) is 5.92 Å². The van der Waals surface area contributed by atoms with Crippen molar-refractivity contribution in [1.82, 2.24) is 0 Å². The maximum absolute atomic E-state index is 2.65. The van der Waals surface area contributed by atoms with Gasteiger partial charge in [0, 0.05) is 24.2 Å². The average molecular weight is 533 g/mol. The predicted octanol–water partition coefficient (Wildman–Crippen LogP) is 11.8. The highest BCUT2D eigenvalue weighted by atomic mass is 28.3. The third-order valence-electron chi connectivity index (χ3n) is 9.04. The van der Waals surface area contributed by atoms with Gasteiger partial charge in [-0.1, -0.05) is 159 Å². The second-order valence-electron chi connectivity index (χ2n) is 14.9. The number of hydrogen-bond donors (Lipinski definition) is 0. The van der Waals surface area contributed by atoms with Crippen LogP contribution in [0.4, 0.5) is 0 Å². The summed E-state index contributed by atoms with van der Waals surface area (Å²) in [6, 6.07) is 18.7. The van der Waals surface area contributed by atoms with Crippen molar-refractivity contribution in [1.29, 1.82) is 0 Å². The molecular weight excluding hydrogens is 469 g/mol. The summed E-state index contributed by atoms with van der Waals surface area (Å²) in [6.45, 7) is 27.7. The van der Waals surface area contributed by atoms with Crippen LogP contribution in [0.3, 0.4) is 0 Å². The number of rotatable bonds is 18. The Bertz CT molecular complexity index is 702. The van der Waals surface area contributed by atoms with E-state index in [4.69, 9.17) is 0 Å². The zero-order valence-corrected chi connectivity index (χ0v) is 29.1. The topological polar surface area (TPSA) is 0 Å². The number of hydrogen-bond acceptors (Lipinski definition) is 0. The molecule has 0 aliphatic heterocycles. The van der Waals surface area contributed by atoms with E-state index in [9.17, 15) is 0 Å². The summed E-state index contributed by atoms with van der Waals surface area (Å²) >= 11 is 0. The lowest BCUT2D eigenvalue weighted by molar-refractivity contribution is 0.325. The first kappa shape index (κ1) is 32.9. The minimum Gasteiger partial charge on any atom is -0.0694 e. The fourth-order valence-corrected chi connectivity index (χ4v) is 14.4. The van der Waals surface area contributed by atoms with Crippen LogP contribution in [0.25, 0.3) is 0 Å². The molecule has 3 heteroatoms. The molecule has 204 valence electrons. The van der Waals surface area contributed by atoms with Gasteiger partial charge in [-0.2, -0.15) is 0 Å². The Morgan fingerprint density at radius 3 is 1.54 bits per heavy atom. The Labute approximate surface area is 225 Å². The van der Waals surface area contributed by atoms with Crippen LogP contribution in [0, 0.1) is 12.8 Å². The van der Waals surface area contributed by atoms with Gasteiger partial charge in [-0.25, -0.2) is 0 Å². The molecule has 0 bridgehead atoms. The Morgan fingerprint density at radius 2 is 1.11 bits per heavy atom. The minimum atomic E-state index is -1.10. The van der Waals surface area contributed by atoms with Gasteiger partial charge in [0.25, 0.3) is 0 Å². The van der Waals surface area contributed by atoms with Gasteiger partial charge in [-0.15, -0.1) is 0 Å². The van der Waals surface area contributed by atoms with Crippen molar-refractivity contribution in [3.8, 4) is 0 Å². The molecule has 1 atom stereocenters. The van der Waals surface area contributed by atoms with Gasteiger partial charge in [0.1, 0.15) is 0 Å². The van der Waals surface area contributed by atoms with Crippen LogP contribution in [-0.4, -0.2) is 24.2 Å². The molecule has 0 aliphatic rings. The SMILES string of the molecule is CCC[Si](C)(C)CCCC(CCC[Si](C)(C)CC)(CCC[Si](C)(C)CC(C)C)c1ccc(C)cc1. The van der Waals surface area contributed by atoms with E-state index in [1.807, 2.05) is 0 Å². The lowest BCUT2D eigenvalue weighted by atomic mass is 9.70. The van der Waals surface area contributed by atoms with E-state index in [2.05, 4.69) is 98.2 Å². The van der Waals surface area contributed by atoms with Gasteiger partial charge >= 0.3 is 0 Å². The van der Waals surface area contributed by atoms with Crippen LogP contribution in [0.2, 0.25) is 75.5 Å². The summed E-state index contributed by atoms with van der Waals surface area (Å²) in [7, 11) is -3.17. The van der Waals surface area contributed by atoms with Crippen molar-refractivity contribution < 1.29 is 0 Å². The predicted molar refractivity (Wildman–Crippen MR) is 173 cm³/mol. The van der Waals surface area contributed by atoms with Crippen LogP contribution in [0.5, 0.6) is 0 Å². The first-order chi connectivity index (χ1) is 16.2. The molecule has 0 aromatic heterocycles. The minimum absolute atomic E-state index is 0.394. The molecule has 1 aromatic rings. The number of benzene rings is 1. The molecule has 0 aliphatic carbocycles. The van der Waals surface area contributed by atoms with Crippen molar-refractivity contribution in [2.24, 2.45) is 5.92 Å². The smallest absolute Gasteiger partial charge is 0.0476 e. The van der Waals surface area contributed by atoms with Crippen molar-refractivity contribution in [3.63, 3.8) is 0 Å². The van der Waals surface area contributed by atoms with E-state index in [1.165, 1.54) is 86.8 Å². The molecule has 0 fully saturated rings. The fraction of sp³-hybridized carbons (Fsp3) is 0.812. The normalized spacial score (nSPS) is 15.0. The number of aryl methyl sites for hydroxylation is 1. The summed E-state index contributed by atoms with van der Waals surface area (Å²) in [5, 5.41) is 0. The summed E-state index contributed by atoms with van der Waals surface area (Å²) < 4.78 is 0. The molecule has 35 heavy (non-hydrogen) atoms. The molecule has 0 nitrogen and oxygen atoms in total. The lowest BCUT2D eigenvalue weighted by Gasteiger charge is -2.38. The van der Waals surface area contributed by atoms with Gasteiger partial charge in [-0.3, -0.25) is 0 Å². The molecule has 0 amide bonds. The molecule has 1 aromatic carbocycles. The van der Waals surface area contributed by atoms with E-state index >= 15 is 0 Å². The highest BCUT2D eigenvalue weighted by Crippen LogP contribution is 2.42.